The highest BCUT2D eigenvalue weighted by Crippen LogP contribution is 2.29. The van der Waals surface area contributed by atoms with E-state index in [0.717, 1.165) is 18.2 Å². The Hall–Kier alpha value is -3.01. The molecule has 0 atom stereocenters. The van der Waals surface area contributed by atoms with E-state index in [1.807, 2.05) is 6.07 Å². The Morgan fingerprint density at radius 3 is 2.50 bits per heavy atom. The van der Waals surface area contributed by atoms with Crippen LogP contribution in [0.1, 0.15) is 5.56 Å². The number of nitro groups is 1. The summed E-state index contributed by atoms with van der Waals surface area (Å²) in [7, 11) is 0. The molecule has 100 valence electrons. The molecular formula is C13H7F2N3O2. The van der Waals surface area contributed by atoms with Crippen molar-refractivity contribution in [2.75, 3.05) is 5.32 Å². The number of nitro benzene ring substituents is 1. The standard InChI is InChI=1S/C13H7F2N3O2/c14-9-2-3-11(10(15)6-9)17-12-5-8(7-16)1-4-13(12)18(19)20/h1-6,17H. The minimum atomic E-state index is -0.887. The van der Waals surface area contributed by atoms with Crippen molar-refractivity contribution in [3.8, 4) is 6.07 Å². The molecule has 7 heteroatoms. The topological polar surface area (TPSA) is 79.0 Å². The molecule has 0 saturated heterocycles. The van der Waals surface area contributed by atoms with Crippen LogP contribution in [-0.2, 0) is 0 Å². The molecule has 0 spiro atoms. The third-order valence-electron chi connectivity index (χ3n) is 2.52. The van der Waals surface area contributed by atoms with Gasteiger partial charge in [0.25, 0.3) is 5.69 Å². The van der Waals surface area contributed by atoms with E-state index in [4.69, 9.17) is 5.26 Å². The van der Waals surface area contributed by atoms with Crippen molar-refractivity contribution in [2.45, 2.75) is 0 Å². The van der Waals surface area contributed by atoms with Crippen LogP contribution in [0.15, 0.2) is 36.4 Å². The molecule has 1 N–H and O–H groups in total. The Morgan fingerprint density at radius 1 is 1.15 bits per heavy atom. The van der Waals surface area contributed by atoms with Crippen molar-refractivity contribution in [2.24, 2.45) is 0 Å². The Morgan fingerprint density at radius 2 is 1.90 bits per heavy atom. The number of hydrogen-bond acceptors (Lipinski definition) is 4. The van der Waals surface area contributed by atoms with Crippen LogP contribution in [0, 0.1) is 33.1 Å². The zero-order valence-electron chi connectivity index (χ0n) is 9.93. The molecule has 5 nitrogen and oxygen atoms in total. The predicted molar refractivity (Wildman–Crippen MR) is 67.5 cm³/mol. The van der Waals surface area contributed by atoms with E-state index >= 15 is 0 Å². The van der Waals surface area contributed by atoms with Crippen LogP contribution < -0.4 is 5.32 Å². The fourth-order valence-corrected chi connectivity index (χ4v) is 1.60. The molecule has 0 fully saturated rings. The average Bonchev–Trinajstić information content (AvgIpc) is 2.41. The molecule has 0 aliphatic heterocycles. The number of rotatable bonds is 3. The molecule has 2 aromatic rings. The fraction of sp³-hybridized carbons (Fsp3) is 0. The van der Waals surface area contributed by atoms with E-state index in [9.17, 15) is 18.9 Å². The van der Waals surface area contributed by atoms with Gasteiger partial charge in [0.15, 0.2) is 0 Å². The van der Waals surface area contributed by atoms with Gasteiger partial charge in [0, 0.05) is 12.1 Å². The maximum atomic E-state index is 13.5. The van der Waals surface area contributed by atoms with Crippen molar-refractivity contribution in [1.82, 2.24) is 0 Å². The number of hydrogen-bond donors (Lipinski definition) is 1. The van der Waals surface area contributed by atoms with Gasteiger partial charge in [-0.05, 0) is 24.3 Å². The van der Waals surface area contributed by atoms with Gasteiger partial charge in [-0.3, -0.25) is 10.1 Å². The molecule has 0 heterocycles. The molecule has 0 saturated carbocycles. The first kappa shape index (κ1) is 13.4. The summed E-state index contributed by atoms with van der Waals surface area (Å²) in [5.41, 5.74) is -0.294. The van der Waals surface area contributed by atoms with Crippen molar-refractivity contribution in [3.63, 3.8) is 0 Å². The summed E-state index contributed by atoms with van der Waals surface area (Å²) in [5, 5.41) is 22.1. The molecule has 0 bridgehead atoms. The summed E-state index contributed by atoms with van der Waals surface area (Å²) in [6, 6.07) is 8.27. The van der Waals surface area contributed by atoms with Gasteiger partial charge in [0.2, 0.25) is 0 Å². The second kappa shape index (κ2) is 5.32. The van der Waals surface area contributed by atoms with Gasteiger partial charge < -0.3 is 5.32 Å². The van der Waals surface area contributed by atoms with Gasteiger partial charge >= 0.3 is 0 Å². The van der Waals surface area contributed by atoms with Gasteiger partial charge in [0.05, 0.1) is 22.2 Å². The number of nitriles is 1. The molecule has 0 aliphatic rings. The molecule has 0 aromatic heterocycles. The summed E-state index contributed by atoms with van der Waals surface area (Å²) < 4.78 is 26.3. The van der Waals surface area contributed by atoms with Crippen LogP contribution in [0.2, 0.25) is 0 Å². The van der Waals surface area contributed by atoms with Crippen LogP contribution in [0.4, 0.5) is 25.8 Å². The fourth-order valence-electron chi connectivity index (χ4n) is 1.60. The van der Waals surface area contributed by atoms with Crippen LogP contribution in [0.3, 0.4) is 0 Å². The van der Waals surface area contributed by atoms with E-state index in [-0.39, 0.29) is 22.6 Å². The second-order valence-electron chi connectivity index (χ2n) is 3.85. The van der Waals surface area contributed by atoms with Gasteiger partial charge in [0.1, 0.15) is 17.3 Å². The van der Waals surface area contributed by atoms with E-state index in [1.165, 1.54) is 12.1 Å². The van der Waals surface area contributed by atoms with E-state index in [2.05, 4.69) is 5.32 Å². The molecule has 0 radical (unpaired) electrons. The van der Waals surface area contributed by atoms with Gasteiger partial charge in [-0.15, -0.1) is 0 Å². The SMILES string of the molecule is N#Cc1ccc([N+](=O)[O-])c(Nc2ccc(F)cc2F)c1. The highest BCUT2D eigenvalue weighted by Gasteiger charge is 2.16. The minimum absolute atomic E-state index is 0.0421. The quantitative estimate of drug-likeness (QED) is 0.687. The summed E-state index contributed by atoms with van der Waals surface area (Å²) in [6.07, 6.45) is 0. The summed E-state index contributed by atoms with van der Waals surface area (Å²) in [4.78, 5) is 10.2. The van der Waals surface area contributed by atoms with Crippen molar-refractivity contribution >= 4 is 17.1 Å². The van der Waals surface area contributed by atoms with Crippen LogP contribution in [0.5, 0.6) is 0 Å². The second-order valence-corrected chi connectivity index (χ2v) is 3.85. The first-order chi connectivity index (χ1) is 9.51. The Balaban J connectivity index is 2.46. The minimum Gasteiger partial charge on any atom is -0.347 e. The molecule has 2 aromatic carbocycles. The largest absolute Gasteiger partial charge is 0.347 e. The first-order valence-corrected chi connectivity index (χ1v) is 5.42. The third kappa shape index (κ3) is 2.70. The zero-order chi connectivity index (χ0) is 14.7. The molecule has 20 heavy (non-hydrogen) atoms. The molecule has 0 aliphatic carbocycles. The van der Waals surface area contributed by atoms with Crippen LogP contribution >= 0.6 is 0 Å². The van der Waals surface area contributed by atoms with Crippen molar-refractivity contribution < 1.29 is 13.7 Å². The lowest BCUT2D eigenvalue weighted by atomic mass is 10.1. The number of nitrogens with one attached hydrogen (secondary N) is 1. The van der Waals surface area contributed by atoms with Gasteiger partial charge in [-0.25, -0.2) is 8.78 Å². The lowest BCUT2D eigenvalue weighted by Crippen LogP contribution is -1.99. The highest BCUT2D eigenvalue weighted by molar-refractivity contribution is 5.71. The van der Waals surface area contributed by atoms with E-state index in [0.29, 0.717) is 6.07 Å². The van der Waals surface area contributed by atoms with Crippen LogP contribution in [-0.4, -0.2) is 4.92 Å². The van der Waals surface area contributed by atoms with E-state index in [1.54, 1.807) is 0 Å². The molecular weight excluding hydrogens is 268 g/mol. The molecule has 2 rings (SSSR count). The number of anilines is 2. The smallest absolute Gasteiger partial charge is 0.292 e. The third-order valence-corrected chi connectivity index (χ3v) is 2.52. The number of halogens is 2. The van der Waals surface area contributed by atoms with E-state index < -0.39 is 16.6 Å². The Bertz CT molecular complexity index is 726. The Labute approximate surface area is 112 Å². The molecule has 0 unspecified atom stereocenters. The Kier molecular flexibility index (Phi) is 3.57. The summed E-state index contributed by atoms with van der Waals surface area (Å²) in [5.74, 6) is -1.64. The van der Waals surface area contributed by atoms with Gasteiger partial charge in [-0.1, -0.05) is 0 Å². The normalized spacial score (nSPS) is 9.85. The lowest BCUT2D eigenvalue weighted by molar-refractivity contribution is -0.383. The lowest BCUT2D eigenvalue weighted by Gasteiger charge is -2.08. The summed E-state index contributed by atoms with van der Waals surface area (Å²) in [6.45, 7) is 0. The summed E-state index contributed by atoms with van der Waals surface area (Å²) >= 11 is 0. The monoisotopic (exact) mass is 275 g/mol. The average molecular weight is 275 g/mol. The number of benzene rings is 2. The maximum absolute atomic E-state index is 13.5. The maximum Gasteiger partial charge on any atom is 0.292 e. The first-order valence-electron chi connectivity index (χ1n) is 5.42. The predicted octanol–water partition coefficient (Wildman–Crippen LogP) is 3.49. The van der Waals surface area contributed by atoms with Gasteiger partial charge in [-0.2, -0.15) is 5.26 Å². The molecule has 0 amide bonds. The highest BCUT2D eigenvalue weighted by atomic mass is 19.1. The van der Waals surface area contributed by atoms with Crippen LogP contribution in [0.25, 0.3) is 0 Å². The van der Waals surface area contributed by atoms with Crippen molar-refractivity contribution in [1.29, 1.82) is 5.26 Å². The van der Waals surface area contributed by atoms with Crippen molar-refractivity contribution in [3.05, 3.63) is 63.7 Å². The zero-order valence-corrected chi connectivity index (χ0v) is 9.93. The number of nitrogens with zero attached hydrogens (tertiary/aromatic N) is 2.